The van der Waals surface area contributed by atoms with Crippen molar-refractivity contribution in [1.82, 2.24) is 18.7 Å². The second-order valence-corrected chi connectivity index (χ2v) is 4.99. The minimum atomic E-state index is -0.371. The van der Waals surface area contributed by atoms with Crippen molar-refractivity contribution >= 4 is 16.9 Å². The third kappa shape index (κ3) is 6.61. The molecule has 0 aliphatic carbocycles. The zero-order chi connectivity index (χ0) is 20.9. The van der Waals surface area contributed by atoms with Gasteiger partial charge in [0.2, 0.25) is 0 Å². The van der Waals surface area contributed by atoms with Crippen molar-refractivity contribution in [2.75, 3.05) is 0 Å². The summed E-state index contributed by atoms with van der Waals surface area (Å²) in [5, 5.41) is 0. The molecule has 2 aromatic heterocycles. The molecule has 0 bridgehead atoms. The minimum Gasteiger partial charge on any atom is -0.328 e. The number of imidazole rings is 1. The van der Waals surface area contributed by atoms with E-state index in [0.717, 1.165) is 0 Å². The number of aromatic nitrogens is 4. The summed E-state index contributed by atoms with van der Waals surface area (Å²) in [6, 6.07) is 0. The van der Waals surface area contributed by atoms with Gasteiger partial charge in [-0.3, -0.25) is 13.9 Å². The first-order chi connectivity index (χ1) is 12.4. The maximum atomic E-state index is 12.3. The summed E-state index contributed by atoms with van der Waals surface area (Å²) in [5.74, 6) is 0.118. The Balaban J connectivity index is 0. The summed E-state index contributed by atoms with van der Waals surface area (Å²) in [6.45, 7) is 13.9. The number of ketones is 1. The first-order valence-corrected chi connectivity index (χ1v) is 9.53. The molecule has 2 rings (SSSR count). The lowest BCUT2D eigenvalue weighted by atomic mass is 10.2. The van der Waals surface area contributed by atoms with Gasteiger partial charge in [0.15, 0.2) is 11.2 Å². The van der Waals surface area contributed by atoms with E-state index in [1.54, 1.807) is 18.7 Å². The van der Waals surface area contributed by atoms with Gasteiger partial charge in [0.05, 0.1) is 6.33 Å². The third-order valence-electron chi connectivity index (χ3n) is 3.36. The van der Waals surface area contributed by atoms with Gasteiger partial charge in [-0.2, -0.15) is 0 Å². The van der Waals surface area contributed by atoms with E-state index in [2.05, 4.69) is 4.98 Å². The van der Waals surface area contributed by atoms with Crippen molar-refractivity contribution in [3.05, 3.63) is 27.2 Å². The van der Waals surface area contributed by atoms with E-state index in [4.69, 9.17) is 0 Å². The van der Waals surface area contributed by atoms with E-state index in [-0.39, 0.29) is 17.0 Å². The van der Waals surface area contributed by atoms with Crippen LogP contribution >= 0.6 is 0 Å². The molecule has 0 aromatic carbocycles. The highest BCUT2D eigenvalue weighted by Gasteiger charge is 2.14. The van der Waals surface area contributed by atoms with Gasteiger partial charge >= 0.3 is 5.69 Å². The van der Waals surface area contributed by atoms with Crippen LogP contribution in [0.15, 0.2) is 15.9 Å². The molecular formula is C19H36N4O3. The molecule has 7 nitrogen and oxygen atoms in total. The first-order valence-electron chi connectivity index (χ1n) is 9.53. The van der Waals surface area contributed by atoms with Gasteiger partial charge in [0.1, 0.15) is 5.78 Å². The number of hydrogen-bond donors (Lipinski definition) is 0. The predicted molar refractivity (Wildman–Crippen MR) is 109 cm³/mol. The fourth-order valence-electron chi connectivity index (χ4n) is 2.24. The van der Waals surface area contributed by atoms with E-state index in [0.29, 0.717) is 37.0 Å². The van der Waals surface area contributed by atoms with Crippen LogP contribution in [0, 0.1) is 0 Å². The Kier molecular flexibility index (Phi) is 14.1. The highest BCUT2D eigenvalue weighted by molar-refractivity contribution is 5.75. The molecular weight excluding hydrogens is 332 g/mol. The monoisotopic (exact) mass is 368 g/mol. The molecule has 0 amide bonds. The number of rotatable bonds is 5. The number of aryl methyl sites for hydroxylation is 2. The van der Waals surface area contributed by atoms with E-state index in [9.17, 15) is 14.4 Å². The van der Waals surface area contributed by atoms with Gasteiger partial charge in [0.25, 0.3) is 5.56 Å². The van der Waals surface area contributed by atoms with E-state index in [1.165, 1.54) is 22.4 Å². The van der Waals surface area contributed by atoms with Crippen molar-refractivity contribution < 1.29 is 4.79 Å². The summed E-state index contributed by atoms with van der Waals surface area (Å²) >= 11 is 0. The maximum Gasteiger partial charge on any atom is 0.332 e. The molecule has 0 saturated carbocycles. The molecule has 0 unspecified atom stereocenters. The van der Waals surface area contributed by atoms with Crippen LogP contribution in [-0.4, -0.2) is 24.5 Å². The third-order valence-corrected chi connectivity index (χ3v) is 3.36. The van der Waals surface area contributed by atoms with Crippen molar-refractivity contribution in [3.8, 4) is 0 Å². The summed E-state index contributed by atoms with van der Waals surface area (Å²) in [5.41, 5.74) is 0.108. The normalized spacial score (nSPS) is 9.27. The highest BCUT2D eigenvalue weighted by atomic mass is 16.2. The molecule has 150 valence electrons. The van der Waals surface area contributed by atoms with Crippen LogP contribution in [0.5, 0.6) is 0 Å². The van der Waals surface area contributed by atoms with Crippen molar-refractivity contribution in [2.24, 2.45) is 14.1 Å². The average molecular weight is 369 g/mol. The Bertz CT molecular complexity index is 769. The van der Waals surface area contributed by atoms with E-state index >= 15 is 0 Å². The lowest BCUT2D eigenvalue weighted by Crippen LogP contribution is -2.39. The molecule has 7 heteroatoms. The predicted octanol–water partition coefficient (Wildman–Crippen LogP) is 3.27. The SMILES string of the molecule is CC.CC.CC.CC(=O)CCCCn1c(=O)c2c(ncn2C)n(C)c1=O. The van der Waals surface area contributed by atoms with Crippen LogP contribution < -0.4 is 11.2 Å². The molecule has 2 aromatic rings. The lowest BCUT2D eigenvalue weighted by molar-refractivity contribution is -0.117. The second-order valence-electron chi connectivity index (χ2n) is 4.99. The Morgan fingerprint density at radius 3 is 2.04 bits per heavy atom. The molecule has 0 spiro atoms. The minimum absolute atomic E-state index is 0.118. The summed E-state index contributed by atoms with van der Waals surface area (Å²) in [4.78, 5) is 39.4. The van der Waals surface area contributed by atoms with E-state index < -0.39 is 0 Å². The van der Waals surface area contributed by atoms with Gasteiger partial charge < -0.3 is 9.36 Å². The molecule has 0 fully saturated rings. The van der Waals surface area contributed by atoms with Gasteiger partial charge in [-0.05, 0) is 19.8 Å². The average Bonchev–Trinajstić information content (AvgIpc) is 3.06. The summed E-state index contributed by atoms with van der Waals surface area (Å²) in [6.07, 6.45) is 3.29. The molecule has 0 saturated heterocycles. The number of unbranched alkanes of at least 4 members (excludes halogenated alkanes) is 1. The molecule has 2 heterocycles. The number of nitrogens with zero attached hydrogens (tertiary/aromatic N) is 4. The fourth-order valence-corrected chi connectivity index (χ4v) is 2.24. The number of Topliss-reactive ketones (excluding diaryl/α,β-unsaturated/α-hetero) is 1. The number of hydrogen-bond acceptors (Lipinski definition) is 4. The van der Waals surface area contributed by atoms with Crippen LogP contribution in [0.2, 0.25) is 0 Å². The van der Waals surface area contributed by atoms with Crippen LogP contribution in [-0.2, 0) is 25.4 Å². The van der Waals surface area contributed by atoms with Crippen molar-refractivity contribution in [1.29, 1.82) is 0 Å². The maximum absolute atomic E-state index is 12.3. The number of carbonyl (C=O) groups is 1. The summed E-state index contributed by atoms with van der Waals surface area (Å²) in [7, 11) is 3.32. The molecule has 0 N–H and O–H groups in total. The number of carbonyl (C=O) groups excluding carboxylic acids is 1. The fraction of sp³-hybridized carbons (Fsp3) is 0.684. The van der Waals surface area contributed by atoms with E-state index in [1.807, 2.05) is 41.5 Å². The quantitative estimate of drug-likeness (QED) is 0.759. The number of fused-ring (bicyclic) bond motifs is 1. The van der Waals surface area contributed by atoms with Gasteiger partial charge in [-0.25, -0.2) is 9.78 Å². The zero-order valence-corrected chi connectivity index (χ0v) is 17.9. The summed E-state index contributed by atoms with van der Waals surface area (Å²) < 4.78 is 4.20. The van der Waals surface area contributed by atoms with Crippen molar-refractivity contribution in [3.63, 3.8) is 0 Å². The van der Waals surface area contributed by atoms with Gasteiger partial charge in [0, 0.05) is 27.1 Å². The van der Waals surface area contributed by atoms with Crippen LogP contribution in [0.25, 0.3) is 11.2 Å². The van der Waals surface area contributed by atoms with Gasteiger partial charge in [-0.15, -0.1) is 0 Å². The second kappa shape index (κ2) is 14.0. The van der Waals surface area contributed by atoms with Crippen molar-refractivity contribution in [2.45, 2.75) is 74.3 Å². The standard InChI is InChI=1S/C13H18N4O3.3C2H6/c1-9(18)6-4-5-7-17-12(19)10-11(14-8-15(10)2)16(3)13(17)20;3*1-2/h8H,4-7H2,1-3H3;3*1-2H3. The van der Waals surface area contributed by atoms with Crippen LogP contribution in [0.4, 0.5) is 0 Å². The van der Waals surface area contributed by atoms with Crippen LogP contribution in [0.3, 0.4) is 0 Å². The topological polar surface area (TPSA) is 78.9 Å². The Labute approximate surface area is 156 Å². The van der Waals surface area contributed by atoms with Gasteiger partial charge in [-0.1, -0.05) is 41.5 Å². The smallest absolute Gasteiger partial charge is 0.328 e. The molecule has 0 radical (unpaired) electrons. The highest BCUT2D eigenvalue weighted by Crippen LogP contribution is 2.04. The Hall–Kier alpha value is -2.18. The first kappa shape index (κ1) is 26.1. The Morgan fingerprint density at radius 2 is 1.54 bits per heavy atom. The molecule has 26 heavy (non-hydrogen) atoms. The lowest BCUT2D eigenvalue weighted by Gasteiger charge is -2.08. The van der Waals surface area contributed by atoms with Crippen LogP contribution in [0.1, 0.15) is 67.7 Å². The molecule has 0 aliphatic heterocycles. The zero-order valence-electron chi connectivity index (χ0n) is 17.9. The molecule has 0 atom stereocenters. The largest absolute Gasteiger partial charge is 0.332 e. The Morgan fingerprint density at radius 1 is 1.00 bits per heavy atom. The molecule has 0 aliphatic rings.